The van der Waals surface area contributed by atoms with Crippen LogP contribution in [0.1, 0.15) is 26.0 Å². The number of pyridine rings is 1. The summed E-state index contributed by atoms with van der Waals surface area (Å²) in [6.45, 7) is 3.84. The molecule has 1 unspecified atom stereocenters. The van der Waals surface area contributed by atoms with Crippen LogP contribution in [-0.2, 0) is 11.2 Å². The molecule has 0 aliphatic rings. The van der Waals surface area contributed by atoms with Gasteiger partial charge in [-0.1, -0.05) is 19.9 Å². The van der Waals surface area contributed by atoms with Gasteiger partial charge in [0.25, 0.3) is 0 Å². The average Bonchev–Trinajstić information content (AvgIpc) is 2.37. The molecule has 106 valence electrons. The van der Waals surface area contributed by atoms with E-state index >= 15 is 0 Å². The highest BCUT2D eigenvalue weighted by molar-refractivity contribution is 5.73. The summed E-state index contributed by atoms with van der Waals surface area (Å²) in [5, 5.41) is 21.5. The van der Waals surface area contributed by atoms with Crippen LogP contribution in [0.2, 0.25) is 0 Å². The van der Waals surface area contributed by atoms with Crippen LogP contribution in [0.5, 0.6) is 0 Å². The van der Waals surface area contributed by atoms with Crippen molar-refractivity contribution in [3.63, 3.8) is 0 Å². The minimum Gasteiger partial charge on any atom is -0.480 e. The predicted octanol–water partition coefficient (Wildman–Crippen LogP) is 1.07. The van der Waals surface area contributed by atoms with E-state index in [9.17, 15) is 15.0 Å². The van der Waals surface area contributed by atoms with Crippen LogP contribution in [0.3, 0.4) is 0 Å². The van der Waals surface area contributed by atoms with Crippen molar-refractivity contribution in [1.82, 2.24) is 10.3 Å². The first-order chi connectivity index (χ1) is 9.02. The van der Waals surface area contributed by atoms with Gasteiger partial charge in [-0.05, 0) is 24.5 Å². The number of aromatic nitrogens is 1. The second-order valence-electron chi connectivity index (χ2n) is 5.09. The first-order valence-electron chi connectivity index (χ1n) is 6.52. The van der Waals surface area contributed by atoms with Crippen molar-refractivity contribution in [3.05, 3.63) is 30.1 Å². The molecule has 0 aromatic carbocycles. The van der Waals surface area contributed by atoms with Gasteiger partial charge in [-0.25, -0.2) is 0 Å². The van der Waals surface area contributed by atoms with Crippen molar-refractivity contribution in [2.24, 2.45) is 5.92 Å². The SMILES string of the molecule is CC(C)CC(N[C@@H](CO)Cc1ccccn1)C(=O)O. The topological polar surface area (TPSA) is 82.5 Å². The first kappa shape index (κ1) is 15.6. The van der Waals surface area contributed by atoms with E-state index in [1.807, 2.05) is 32.0 Å². The van der Waals surface area contributed by atoms with E-state index in [0.717, 1.165) is 5.69 Å². The highest BCUT2D eigenvalue weighted by Gasteiger charge is 2.22. The number of aliphatic carboxylic acids is 1. The van der Waals surface area contributed by atoms with Crippen LogP contribution in [0.15, 0.2) is 24.4 Å². The molecule has 1 heterocycles. The largest absolute Gasteiger partial charge is 0.480 e. The summed E-state index contributed by atoms with van der Waals surface area (Å²) in [6.07, 6.45) is 2.74. The monoisotopic (exact) mass is 266 g/mol. The summed E-state index contributed by atoms with van der Waals surface area (Å²) >= 11 is 0. The fourth-order valence-electron chi connectivity index (χ4n) is 1.94. The Bertz CT molecular complexity index is 382. The molecule has 2 atom stereocenters. The molecular formula is C14H22N2O3. The second-order valence-corrected chi connectivity index (χ2v) is 5.09. The Morgan fingerprint density at radius 2 is 2.16 bits per heavy atom. The smallest absolute Gasteiger partial charge is 0.320 e. The number of carbonyl (C=O) groups is 1. The molecule has 0 amide bonds. The zero-order valence-electron chi connectivity index (χ0n) is 11.4. The van der Waals surface area contributed by atoms with Crippen molar-refractivity contribution in [2.45, 2.75) is 38.8 Å². The zero-order valence-corrected chi connectivity index (χ0v) is 11.4. The van der Waals surface area contributed by atoms with Crippen molar-refractivity contribution < 1.29 is 15.0 Å². The Labute approximate surface area is 113 Å². The van der Waals surface area contributed by atoms with Crippen LogP contribution in [0.25, 0.3) is 0 Å². The molecule has 0 aliphatic heterocycles. The number of aliphatic hydroxyl groups excluding tert-OH is 1. The van der Waals surface area contributed by atoms with Crippen LogP contribution < -0.4 is 5.32 Å². The molecule has 0 saturated carbocycles. The van der Waals surface area contributed by atoms with Gasteiger partial charge in [-0.15, -0.1) is 0 Å². The van der Waals surface area contributed by atoms with E-state index < -0.39 is 12.0 Å². The highest BCUT2D eigenvalue weighted by Crippen LogP contribution is 2.07. The maximum absolute atomic E-state index is 11.2. The Morgan fingerprint density at radius 1 is 1.42 bits per heavy atom. The molecule has 1 aromatic rings. The van der Waals surface area contributed by atoms with Gasteiger partial charge in [0.15, 0.2) is 0 Å². The number of carboxylic acid groups (broad SMARTS) is 1. The number of nitrogens with zero attached hydrogens (tertiary/aromatic N) is 1. The Morgan fingerprint density at radius 3 is 2.63 bits per heavy atom. The van der Waals surface area contributed by atoms with E-state index in [1.54, 1.807) is 6.20 Å². The maximum Gasteiger partial charge on any atom is 0.320 e. The lowest BCUT2D eigenvalue weighted by atomic mass is 10.0. The third kappa shape index (κ3) is 5.81. The van der Waals surface area contributed by atoms with Gasteiger partial charge in [0.1, 0.15) is 6.04 Å². The number of carboxylic acids is 1. The average molecular weight is 266 g/mol. The third-order valence-electron chi connectivity index (χ3n) is 2.84. The van der Waals surface area contributed by atoms with E-state index in [-0.39, 0.29) is 18.6 Å². The van der Waals surface area contributed by atoms with Crippen LogP contribution in [0, 0.1) is 5.92 Å². The summed E-state index contributed by atoms with van der Waals surface area (Å²) in [5.74, 6) is -0.601. The van der Waals surface area contributed by atoms with Gasteiger partial charge in [0.2, 0.25) is 0 Å². The molecule has 3 N–H and O–H groups in total. The molecule has 0 saturated heterocycles. The molecule has 0 fully saturated rings. The number of nitrogens with one attached hydrogen (secondary N) is 1. The maximum atomic E-state index is 11.2. The quantitative estimate of drug-likeness (QED) is 0.655. The van der Waals surface area contributed by atoms with Crippen LogP contribution in [-0.4, -0.2) is 39.9 Å². The fraction of sp³-hybridized carbons (Fsp3) is 0.571. The lowest BCUT2D eigenvalue weighted by Crippen LogP contribution is -2.46. The molecule has 5 nitrogen and oxygen atoms in total. The Balaban J connectivity index is 2.61. The predicted molar refractivity (Wildman–Crippen MR) is 72.8 cm³/mol. The molecule has 0 radical (unpaired) electrons. The molecule has 5 heteroatoms. The minimum atomic E-state index is -0.881. The van der Waals surface area contributed by atoms with Crippen molar-refractivity contribution >= 4 is 5.97 Å². The van der Waals surface area contributed by atoms with Crippen LogP contribution in [0.4, 0.5) is 0 Å². The normalized spacial score (nSPS) is 14.3. The van der Waals surface area contributed by atoms with E-state index in [4.69, 9.17) is 0 Å². The van der Waals surface area contributed by atoms with E-state index in [1.165, 1.54) is 0 Å². The fourth-order valence-corrected chi connectivity index (χ4v) is 1.94. The van der Waals surface area contributed by atoms with Gasteiger partial charge >= 0.3 is 5.97 Å². The Kier molecular flexibility index (Phi) is 6.45. The lowest BCUT2D eigenvalue weighted by Gasteiger charge is -2.22. The molecule has 1 aromatic heterocycles. The van der Waals surface area contributed by atoms with Crippen LogP contribution >= 0.6 is 0 Å². The third-order valence-corrected chi connectivity index (χ3v) is 2.84. The summed E-state index contributed by atoms with van der Waals surface area (Å²) in [5.41, 5.74) is 0.836. The van der Waals surface area contributed by atoms with Gasteiger partial charge in [0.05, 0.1) is 6.61 Å². The number of hydrogen-bond donors (Lipinski definition) is 3. The standard InChI is InChI=1S/C14H22N2O3/c1-10(2)7-13(14(18)19)16-12(9-17)8-11-5-3-4-6-15-11/h3-6,10,12-13,16-17H,7-9H2,1-2H3,(H,18,19)/t12-,13?/m1/s1. The van der Waals surface area contributed by atoms with E-state index in [0.29, 0.717) is 12.8 Å². The zero-order chi connectivity index (χ0) is 14.3. The summed E-state index contributed by atoms with van der Waals surface area (Å²) in [4.78, 5) is 15.4. The molecule has 1 rings (SSSR count). The van der Waals surface area contributed by atoms with Crippen molar-refractivity contribution in [1.29, 1.82) is 0 Å². The van der Waals surface area contributed by atoms with E-state index in [2.05, 4.69) is 10.3 Å². The minimum absolute atomic E-state index is 0.113. The lowest BCUT2D eigenvalue weighted by molar-refractivity contribution is -0.140. The van der Waals surface area contributed by atoms with Gasteiger partial charge in [-0.2, -0.15) is 0 Å². The summed E-state index contributed by atoms with van der Waals surface area (Å²) in [7, 11) is 0. The molecular weight excluding hydrogens is 244 g/mol. The summed E-state index contributed by atoms with van der Waals surface area (Å²) < 4.78 is 0. The highest BCUT2D eigenvalue weighted by atomic mass is 16.4. The summed E-state index contributed by atoms with van der Waals surface area (Å²) in [6, 6.07) is 4.63. The van der Waals surface area contributed by atoms with Crippen molar-refractivity contribution in [3.8, 4) is 0 Å². The number of hydrogen-bond acceptors (Lipinski definition) is 4. The molecule has 0 bridgehead atoms. The second kappa shape index (κ2) is 7.86. The molecule has 0 aliphatic carbocycles. The Hall–Kier alpha value is -1.46. The van der Waals surface area contributed by atoms with Crippen molar-refractivity contribution in [2.75, 3.05) is 6.61 Å². The number of rotatable bonds is 8. The number of aliphatic hydroxyl groups is 1. The van der Waals surface area contributed by atoms with Gasteiger partial charge in [0, 0.05) is 24.4 Å². The van der Waals surface area contributed by atoms with Gasteiger partial charge < -0.3 is 10.2 Å². The van der Waals surface area contributed by atoms with Gasteiger partial charge in [-0.3, -0.25) is 15.1 Å². The molecule has 0 spiro atoms. The first-order valence-corrected chi connectivity index (χ1v) is 6.52. The molecule has 19 heavy (non-hydrogen) atoms.